The molecule has 1 heterocycles. The van der Waals surface area contributed by atoms with E-state index in [0.717, 1.165) is 16.5 Å². The molecule has 9 heteroatoms. The fourth-order valence-electron chi connectivity index (χ4n) is 3.52. The average molecular weight is 570 g/mol. The van der Waals surface area contributed by atoms with Gasteiger partial charge < -0.3 is 4.74 Å². The highest BCUT2D eigenvalue weighted by molar-refractivity contribution is 9.10. The summed E-state index contributed by atoms with van der Waals surface area (Å²) in [6.07, 6.45) is 2.91. The standard InChI is InChI=1S/C26H19BrCl2N4O2/c1-2-5-24-32-23-9-8-19(27)12-20(23)26(34)33(24)31-14-16-10-21(28)25(22(29)11-16)35-15-18-7-4-3-6-17(18)13-30/h3-4,6-12,14H,2,5,15H2,1H3. The van der Waals surface area contributed by atoms with Crippen molar-refractivity contribution in [1.82, 2.24) is 9.66 Å². The third-order valence-corrected chi connectivity index (χ3v) is 6.26. The van der Waals surface area contributed by atoms with Gasteiger partial charge in [0.15, 0.2) is 5.75 Å². The molecule has 0 unspecified atom stereocenters. The van der Waals surface area contributed by atoms with Crippen LogP contribution in [0.5, 0.6) is 5.75 Å². The van der Waals surface area contributed by atoms with E-state index in [4.69, 9.17) is 27.9 Å². The van der Waals surface area contributed by atoms with Crippen molar-refractivity contribution >= 4 is 56.2 Å². The largest absolute Gasteiger partial charge is 0.486 e. The molecule has 176 valence electrons. The predicted molar refractivity (Wildman–Crippen MR) is 143 cm³/mol. The lowest BCUT2D eigenvalue weighted by atomic mass is 10.1. The smallest absolute Gasteiger partial charge is 0.282 e. The normalized spacial score (nSPS) is 11.2. The minimum Gasteiger partial charge on any atom is -0.486 e. The van der Waals surface area contributed by atoms with Gasteiger partial charge in [0, 0.05) is 16.5 Å². The van der Waals surface area contributed by atoms with E-state index in [2.05, 4.69) is 32.1 Å². The number of halogens is 3. The molecule has 35 heavy (non-hydrogen) atoms. The number of fused-ring (bicyclic) bond motifs is 1. The Hall–Kier alpha value is -3.18. The third kappa shape index (κ3) is 5.57. The van der Waals surface area contributed by atoms with Crippen LogP contribution in [0.2, 0.25) is 10.0 Å². The molecule has 1 aromatic heterocycles. The molecular formula is C26H19BrCl2N4O2. The zero-order valence-electron chi connectivity index (χ0n) is 18.6. The second-order valence-electron chi connectivity index (χ2n) is 7.67. The van der Waals surface area contributed by atoms with Gasteiger partial charge in [0.25, 0.3) is 5.56 Å². The van der Waals surface area contributed by atoms with Gasteiger partial charge in [-0.05, 0) is 48.4 Å². The van der Waals surface area contributed by atoms with E-state index in [-0.39, 0.29) is 22.2 Å². The summed E-state index contributed by atoms with van der Waals surface area (Å²) < 4.78 is 7.91. The van der Waals surface area contributed by atoms with Crippen molar-refractivity contribution in [1.29, 1.82) is 5.26 Å². The van der Waals surface area contributed by atoms with Crippen LogP contribution in [-0.4, -0.2) is 15.9 Å². The van der Waals surface area contributed by atoms with Gasteiger partial charge in [-0.3, -0.25) is 4.79 Å². The van der Waals surface area contributed by atoms with Crippen LogP contribution in [-0.2, 0) is 13.0 Å². The molecule has 4 aromatic rings. The van der Waals surface area contributed by atoms with E-state index in [0.29, 0.717) is 40.0 Å². The zero-order valence-corrected chi connectivity index (χ0v) is 21.7. The first kappa shape index (κ1) is 24.9. The number of aromatic nitrogens is 2. The maximum absolute atomic E-state index is 13.2. The summed E-state index contributed by atoms with van der Waals surface area (Å²) in [5, 5.41) is 14.7. The Kier molecular flexibility index (Phi) is 7.86. The van der Waals surface area contributed by atoms with E-state index in [1.54, 1.807) is 36.4 Å². The molecule has 0 spiro atoms. The van der Waals surface area contributed by atoms with Gasteiger partial charge in [0.2, 0.25) is 0 Å². The van der Waals surface area contributed by atoms with Crippen molar-refractivity contribution in [2.75, 3.05) is 0 Å². The Morgan fingerprint density at radius 2 is 1.91 bits per heavy atom. The zero-order chi connectivity index (χ0) is 24.9. The second-order valence-corrected chi connectivity index (χ2v) is 9.40. The van der Waals surface area contributed by atoms with E-state index in [1.807, 2.05) is 25.1 Å². The number of rotatable bonds is 7. The van der Waals surface area contributed by atoms with E-state index >= 15 is 0 Å². The molecule has 0 amide bonds. The van der Waals surface area contributed by atoms with Crippen LogP contribution in [0.15, 0.2) is 69.0 Å². The Balaban J connectivity index is 1.65. The fourth-order valence-corrected chi connectivity index (χ4v) is 4.49. The van der Waals surface area contributed by atoms with Crippen LogP contribution < -0.4 is 10.3 Å². The molecule has 0 N–H and O–H groups in total. The van der Waals surface area contributed by atoms with Crippen molar-refractivity contribution < 1.29 is 4.74 Å². The minimum absolute atomic E-state index is 0.144. The molecule has 0 aliphatic heterocycles. The summed E-state index contributed by atoms with van der Waals surface area (Å²) in [4.78, 5) is 17.8. The molecule has 4 rings (SSSR count). The van der Waals surface area contributed by atoms with Crippen molar-refractivity contribution in [3.63, 3.8) is 0 Å². The molecule has 0 saturated carbocycles. The van der Waals surface area contributed by atoms with Gasteiger partial charge in [0.05, 0.1) is 38.8 Å². The van der Waals surface area contributed by atoms with Crippen LogP contribution >= 0.6 is 39.1 Å². The average Bonchev–Trinajstić information content (AvgIpc) is 2.84. The van der Waals surface area contributed by atoms with Crippen molar-refractivity contribution in [3.8, 4) is 11.8 Å². The maximum atomic E-state index is 13.2. The van der Waals surface area contributed by atoms with Gasteiger partial charge in [-0.1, -0.05) is 64.3 Å². The maximum Gasteiger partial charge on any atom is 0.282 e. The summed E-state index contributed by atoms with van der Waals surface area (Å²) in [6.45, 7) is 2.16. The molecule has 0 aliphatic rings. The fraction of sp³-hybridized carbons (Fsp3) is 0.154. The van der Waals surface area contributed by atoms with Gasteiger partial charge in [-0.15, -0.1) is 0 Å². The lowest BCUT2D eigenvalue weighted by Gasteiger charge is -2.12. The molecule has 3 aromatic carbocycles. The number of hydrogen-bond donors (Lipinski definition) is 0. The first-order valence-corrected chi connectivity index (χ1v) is 12.3. The molecule has 0 atom stereocenters. The van der Waals surface area contributed by atoms with Crippen LogP contribution in [0.25, 0.3) is 10.9 Å². The van der Waals surface area contributed by atoms with Crippen LogP contribution in [0, 0.1) is 11.3 Å². The number of nitriles is 1. The highest BCUT2D eigenvalue weighted by Crippen LogP contribution is 2.34. The second kappa shape index (κ2) is 11.0. The topological polar surface area (TPSA) is 80.3 Å². The SMILES string of the molecule is CCCc1nc2ccc(Br)cc2c(=O)n1N=Cc1cc(Cl)c(OCc2ccccc2C#N)c(Cl)c1. The number of benzene rings is 3. The lowest BCUT2D eigenvalue weighted by Crippen LogP contribution is -2.22. The van der Waals surface area contributed by atoms with Gasteiger partial charge >= 0.3 is 0 Å². The van der Waals surface area contributed by atoms with Crippen molar-refractivity contribution in [3.05, 3.63) is 102 Å². The van der Waals surface area contributed by atoms with Crippen molar-refractivity contribution in [2.45, 2.75) is 26.4 Å². The van der Waals surface area contributed by atoms with E-state index in [1.165, 1.54) is 10.9 Å². The molecule has 6 nitrogen and oxygen atoms in total. The Labute approximate surface area is 220 Å². The van der Waals surface area contributed by atoms with E-state index < -0.39 is 0 Å². The molecular weight excluding hydrogens is 551 g/mol. The van der Waals surface area contributed by atoms with Crippen LogP contribution in [0.4, 0.5) is 0 Å². The predicted octanol–water partition coefficient (Wildman–Crippen LogP) is 6.75. The van der Waals surface area contributed by atoms with Crippen molar-refractivity contribution in [2.24, 2.45) is 5.10 Å². The summed E-state index contributed by atoms with van der Waals surface area (Å²) >= 11 is 16.3. The lowest BCUT2D eigenvalue weighted by molar-refractivity contribution is 0.306. The summed E-state index contributed by atoms with van der Waals surface area (Å²) in [5.74, 6) is 0.871. The quantitative estimate of drug-likeness (QED) is 0.230. The van der Waals surface area contributed by atoms with E-state index in [9.17, 15) is 10.1 Å². The number of hydrogen-bond acceptors (Lipinski definition) is 5. The van der Waals surface area contributed by atoms with Gasteiger partial charge in [-0.2, -0.15) is 15.0 Å². The summed E-state index contributed by atoms with van der Waals surface area (Å²) in [6, 6.07) is 18.0. The molecule has 0 saturated heterocycles. The van der Waals surface area contributed by atoms with Crippen LogP contribution in [0.1, 0.15) is 35.9 Å². The highest BCUT2D eigenvalue weighted by Gasteiger charge is 2.13. The first-order chi connectivity index (χ1) is 16.9. The Morgan fingerprint density at radius 3 is 2.63 bits per heavy atom. The molecule has 0 fully saturated rings. The monoisotopic (exact) mass is 568 g/mol. The molecule has 0 aliphatic carbocycles. The number of nitrogens with zero attached hydrogens (tertiary/aromatic N) is 4. The van der Waals surface area contributed by atoms with Gasteiger partial charge in [-0.25, -0.2) is 4.98 Å². The Morgan fingerprint density at radius 1 is 1.17 bits per heavy atom. The molecule has 0 radical (unpaired) electrons. The van der Waals surface area contributed by atoms with Gasteiger partial charge in [0.1, 0.15) is 12.4 Å². The summed E-state index contributed by atoms with van der Waals surface area (Å²) in [5.41, 5.74) is 2.20. The highest BCUT2D eigenvalue weighted by atomic mass is 79.9. The van der Waals surface area contributed by atoms with Crippen LogP contribution in [0.3, 0.4) is 0 Å². The molecule has 0 bridgehead atoms. The Bertz CT molecular complexity index is 1520. The summed E-state index contributed by atoms with van der Waals surface area (Å²) in [7, 11) is 0. The minimum atomic E-state index is -0.260. The number of aryl methyl sites for hydroxylation is 1. The first-order valence-electron chi connectivity index (χ1n) is 10.8. The third-order valence-electron chi connectivity index (χ3n) is 5.20. The number of ether oxygens (including phenoxy) is 1.